The summed E-state index contributed by atoms with van der Waals surface area (Å²) >= 11 is 0. The van der Waals surface area contributed by atoms with Crippen LogP contribution in [-0.2, 0) is 16.7 Å². The second kappa shape index (κ2) is 5.31. The second-order valence-electron chi connectivity index (χ2n) is 10.2. The van der Waals surface area contributed by atoms with E-state index in [4.69, 9.17) is 15.5 Å². The third-order valence-corrected chi connectivity index (χ3v) is 9.56. The van der Waals surface area contributed by atoms with Crippen LogP contribution in [0.1, 0.15) is 36.0 Å². The van der Waals surface area contributed by atoms with Gasteiger partial charge in [-0.1, -0.05) is 24.3 Å². The highest BCUT2D eigenvalue weighted by atomic mass is 16.5. The Morgan fingerprint density at radius 2 is 2.06 bits per heavy atom. The standard InChI is InChI=1S/C26H26N4O/c1-30-22-21-25(22)13-19(31-2)8-9-24(25)12-18-7-6-17(16-5-3-4-15(10-16)14-27)11-20(18)26(21,24)29-23(30)28/h3-7,10-11,19,21-22H,8-9,12-13H2,1-2H3,(H2,28,29). The zero-order valence-electron chi connectivity index (χ0n) is 17.9. The Labute approximate surface area is 182 Å². The molecule has 0 saturated heterocycles. The Morgan fingerprint density at radius 1 is 1.23 bits per heavy atom. The highest BCUT2D eigenvalue weighted by Gasteiger charge is 2.98. The summed E-state index contributed by atoms with van der Waals surface area (Å²) in [4.78, 5) is 7.55. The molecular weight excluding hydrogens is 384 g/mol. The summed E-state index contributed by atoms with van der Waals surface area (Å²) in [6.07, 6.45) is 4.81. The summed E-state index contributed by atoms with van der Waals surface area (Å²) in [7, 11) is 3.98. The molecule has 0 amide bonds. The van der Waals surface area contributed by atoms with Gasteiger partial charge in [0.1, 0.15) is 5.54 Å². The Kier molecular flexibility index (Phi) is 3.05. The predicted molar refractivity (Wildman–Crippen MR) is 118 cm³/mol. The first kappa shape index (κ1) is 17.8. The average molecular weight is 411 g/mol. The Morgan fingerprint density at radius 3 is 2.87 bits per heavy atom. The first-order chi connectivity index (χ1) is 15.0. The molecule has 5 aliphatic rings. The van der Waals surface area contributed by atoms with Crippen molar-refractivity contribution < 1.29 is 4.74 Å². The van der Waals surface area contributed by atoms with Crippen LogP contribution in [0, 0.1) is 28.1 Å². The molecule has 2 aromatic rings. The van der Waals surface area contributed by atoms with Crippen molar-refractivity contribution in [1.82, 2.24) is 4.90 Å². The zero-order chi connectivity index (χ0) is 21.2. The summed E-state index contributed by atoms with van der Waals surface area (Å²) in [5.41, 5.74) is 12.5. The van der Waals surface area contributed by atoms with E-state index in [2.05, 4.69) is 42.3 Å². The van der Waals surface area contributed by atoms with Crippen LogP contribution in [0.3, 0.4) is 0 Å². The van der Waals surface area contributed by atoms with Gasteiger partial charge < -0.3 is 15.4 Å². The Bertz CT molecular complexity index is 1230. The molecule has 6 unspecified atom stereocenters. The molecule has 1 heterocycles. The van der Waals surface area contributed by atoms with Crippen LogP contribution in [0.5, 0.6) is 0 Å². The van der Waals surface area contributed by atoms with Gasteiger partial charge in [-0.05, 0) is 66.1 Å². The van der Waals surface area contributed by atoms with E-state index in [-0.39, 0.29) is 16.4 Å². The van der Waals surface area contributed by atoms with Crippen LogP contribution < -0.4 is 5.73 Å². The molecule has 0 radical (unpaired) electrons. The van der Waals surface area contributed by atoms with Crippen molar-refractivity contribution in [3.05, 3.63) is 59.2 Å². The molecule has 5 nitrogen and oxygen atoms in total. The van der Waals surface area contributed by atoms with Gasteiger partial charge in [0.25, 0.3) is 0 Å². The fourth-order valence-corrected chi connectivity index (χ4v) is 8.51. The Balaban J connectivity index is 1.41. The molecule has 0 bridgehead atoms. The van der Waals surface area contributed by atoms with Crippen LogP contribution in [0.25, 0.3) is 11.1 Å². The predicted octanol–water partition coefficient (Wildman–Crippen LogP) is 3.42. The van der Waals surface area contributed by atoms with Crippen LogP contribution in [0.4, 0.5) is 0 Å². The fourth-order valence-electron chi connectivity index (χ4n) is 8.51. The molecule has 2 aromatic carbocycles. The van der Waals surface area contributed by atoms with Crippen molar-refractivity contribution in [2.75, 3.05) is 14.2 Å². The lowest BCUT2D eigenvalue weighted by atomic mass is 9.43. The maximum atomic E-state index is 9.33. The minimum atomic E-state index is -0.189. The highest BCUT2D eigenvalue weighted by Crippen LogP contribution is 2.94. The van der Waals surface area contributed by atoms with E-state index in [0.29, 0.717) is 29.6 Å². The van der Waals surface area contributed by atoms with Crippen molar-refractivity contribution in [2.45, 2.75) is 43.4 Å². The van der Waals surface area contributed by atoms with E-state index in [1.807, 2.05) is 25.3 Å². The summed E-state index contributed by atoms with van der Waals surface area (Å²) in [6, 6.07) is 17.5. The van der Waals surface area contributed by atoms with E-state index >= 15 is 0 Å². The third kappa shape index (κ3) is 1.68. The quantitative estimate of drug-likeness (QED) is 0.823. The normalized spacial score (nSPS) is 40.5. The van der Waals surface area contributed by atoms with Crippen LogP contribution in [-0.4, -0.2) is 37.2 Å². The number of benzene rings is 2. The molecule has 6 atom stereocenters. The lowest BCUT2D eigenvalue weighted by Crippen LogP contribution is -2.63. The monoisotopic (exact) mass is 410 g/mol. The van der Waals surface area contributed by atoms with Gasteiger partial charge in [0.2, 0.25) is 0 Å². The van der Waals surface area contributed by atoms with E-state index in [1.165, 1.54) is 11.1 Å². The average Bonchev–Trinajstić information content (AvgIpc) is 3.37. The smallest absolute Gasteiger partial charge is 0.192 e. The van der Waals surface area contributed by atoms with Gasteiger partial charge in [-0.3, -0.25) is 0 Å². The lowest BCUT2D eigenvalue weighted by Gasteiger charge is -2.61. The van der Waals surface area contributed by atoms with E-state index < -0.39 is 0 Å². The van der Waals surface area contributed by atoms with Gasteiger partial charge in [-0.2, -0.15) is 5.26 Å². The zero-order valence-corrected chi connectivity index (χ0v) is 17.9. The molecule has 3 saturated carbocycles. The molecule has 7 rings (SSSR count). The number of nitrogens with zero attached hydrogens (tertiary/aromatic N) is 3. The summed E-state index contributed by atoms with van der Waals surface area (Å²) < 4.78 is 5.85. The van der Waals surface area contributed by atoms with Gasteiger partial charge >= 0.3 is 0 Å². The lowest BCUT2D eigenvalue weighted by molar-refractivity contribution is -0.144. The van der Waals surface area contributed by atoms with Gasteiger partial charge in [0, 0.05) is 36.9 Å². The third-order valence-electron chi connectivity index (χ3n) is 9.56. The van der Waals surface area contributed by atoms with Crippen molar-refractivity contribution in [3.8, 4) is 17.2 Å². The molecule has 3 fully saturated rings. The number of fused-ring (bicyclic) bond motifs is 1. The molecular formula is C26H26N4O. The number of rotatable bonds is 2. The summed E-state index contributed by atoms with van der Waals surface area (Å²) in [5, 5.41) is 9.33. The summed E-state index contributed by atoms with van der Waals surface area (Å²) in [6.45, 7) is 0. The number of guanidine groups is 1. The minimum Gasteiger partial charge on any atom is -0.381 e. The first-order valence-electron chi connectivity index (χ1n) is 11.3. The molecule has 1 aliphatic heterocycles. The maximum Gasteiger partial charge on any atom is 0.192 e. The summed E-state index contributed by atoms with van der Waals surface area (Å²) in [5.74, 6) is 1.21. The number of ether oxygens (including phenoxy) is 1. The molecule has 2 N–H and O–H groups in total. The van der Waals surface area contributed by atoms with Gasteiger partial charge in [-0.15, -0.1) is 0 Å². The number of hydrogen-bond acceptors (Lipinski definition) is 5. The number of aliphatic imine (C=N–C) groups is 1. The number of hydrogen-bond donors (Lipinski definition) is 1. The van der Waals surface area contributed by atoms with Crippen LogP contribution in [0.2, 0.25) is 0 Å². The SMILES string of the molecule is COC1CCC23Cc4ccc(-c5cccc(C#N)c5)cc4C24N=C(N)N(C)C2C4C23C1. The molecule has 3 spiro atoms. The number of nitriles is 1. The molecule has 4 aliphatic carbocycles. The maximum absolute atomic E-state index is 9.33. The van der Waals surface area contributed by atoms with Gasteiger partial charge in [-0.25, -0.2) is 4.99 Å². The van der Waals surface area contributed by atoms with E-state index in [9.17, 15) is 5.26 Å². The Hall–Kier alpha value is -2.84. The van der Waals surface area contributed by atoms with Crippen LogP contribution in [0.15, 0.2) is 47.5 Å². The van der Waals surface area contributed by atoms with Crippen molar-refractivity contribution in [3.63, 3.8) is 0 Å². The topological polar surface area (TPSA) is 74.6 Å². The second-order valence-corrected chi connectivity index (χ2v) is 10.2. The molecule has 5 heteroatoms. The molecule has 0 aromatic heterocycles. The number of methoxy groups -OCH3 is 1. The first-order valence-corrected chi connectivity index (χ1v) is 11.3. The largest absolute Gasteiger partial charge is 0.381 e. The molecule has 31 heavy (non-hydrogen) atoms. The highest BCUT2D eigenvalue weighted by molar-refractivity contribution is 5.84. The minimum absolute atomic E-state index is 0.162. The van der Waals surface area contributed by atoms with Gasteiger partial charge in [0.15, 0.2) is 5.96 Å². The van der Waals surface area contributed by atoms with Crippen LogP contribution >= 0.6 is 0 Å². The van der Waals surface area contributed by atoms with E-state index in [0.717, 1.165) is 36.8 Å². The fraction of sp³-hybridized carbons (Fsp3) is 0.462. The van der Waals surface area contributed by atoms with Crippen molar-refractivity contribution in [2.24, 2.45) is 27.5 Å². The van der Waals surface area contributed by atoms with E-state index in [1.54, 1.807) is 0 Å². The van der Waals surface area contributed by atoms with Crippen molar-refractivity contribution >= 4 is 5.96 Å². The van der Waals surface area contributed by atoms with Gasteiger partial charge in [0.05, 0.1) is 17.7 Å². The molecule has 156 valence electrons. The number of nitrogens with two attached hydrogens (primary N) is 1. The van der Waals surface area contributed by atoms with Crippen molar-refractivity contribution in [1.29, 1.82) is 5.26 Å².